The van der Waals surface area contributed by atoms with Crippen LogP contribution in [0.5, 0.6) is 0 Å². The van der Waals surface area contributed by atoms with Gasteiger partial charge in [-0.05, 0) is 29.5 Å². The number of benzene rings is 1. The van der Waals surface area contributed by atoms with Crippen molar-refractivity contribution in [1.82, 2.24) is 0 Å². The molecule has 0 aromatic heterocycles. The molecule has 1 atom stereocenters. The Hall–Kier alpha value is -1.30. The van der Waals surface area contributed by atoms with E-state index >= 15 is 0 Å². The zero-order valence-electron chi connectivity index (χ0n) is 8.46. The van der Waals surface area contributed by atoms with Crippen molar-refractivity contribution >= 4 is 5.57 Å². The van der Waals surface area contributed by atoms with E-state index in [9.17, 15) is 0 Å². The third-order valence-corrected chi connectivity index (χ3v) is 3.45. The Labute approximate surface area is 85.0 Å². The zero-order chi connectivity index (χ0) is 9.54. The van der Waals surface area contributed by atoms with Crippen LogP contribution in [0.2, 0.25) is 0 Å². The minimum absolute atomic E-state index is 0.645. The van der Waals surface area contributed by atoms with Gasteiger partial charge in [-0.1, -0.05) is 48.9 Å². The summed E-state index contributed by atoms with van der Waals surface area (Å²) in [6.07, 6.45) is 7.08. The van der Waals surface area contributed by atoms with E-state index in [-0.39, 0.29) is 0 Å². The fourth-order valence-corrected chi connectivity index (χ4v) is 2.70. The molecule has 0 heteroatoms. The number of fused-ring (bicyclic) bond motifs is 2. The van der Waals surface area contributed by atoms with Crippen LogP contribution >= 0.6 is 0 Å². The smallest absolute Gasteiger partial charge is 0.00353 e. The maximum Gasteiger partial charge on any atom is 0.00353 e. The van der Waals surface area contributed by atoms with Gasteiger partial charge in [0, 0.05) is 5.92 Å². The average Bonchev–Trinajstić information content (AvgIpc) is 2.55. The molecule has 2 aliphatic rings. The van der Waals surface area contributed by atoms with Crippen LogP contribution in [0.15, 0.2) is 42.0 Å². The highest BCUT2D eigenvalue weighted by molar-refractivity contribution is 5.85. The fraction of sp³-hybridized carbons (Fsp3) is 0.286. The van der Waals surface area contributed by atoms with Gasteiger partial charge in [-0.2, -0.15) is 0 Å². The van der Waals surface area contributed by atoms with Crippen LogP contribution in [0.1, 0.15) is 36.8 Å². The Kier molecular flexibility index (Phi) is 1.63. The normalized spacial score (nSPS) is 23.6. The second kappa shape index (κ2) is 2.84. The van der Waals surface area contributed by atoms with Crippen LogP contribution < -0.4 is 0 Å². The number of hydrogen-bond acceptors (Lipinski definition) is 0. The van der Waals surface area contributed by atoms with Crippen LogP contribution in [0.4, 0.5) is 0 Å². The molecule has 1 aromatic rings. The molecule has 3 rings (SSSR count). The maximum absolute atomic E-state index is 2.33. The molecule has 0 spiro atoms. The van der Waals surface area contributed by atoms with Crippen LogP contribution in [-0.2, 0) is 0 Å². The van der Waals surface area contributed by atoms with E-state index in [1.54, 1.807) is 5.57 Å². The minimum Gasteiger partial charge on any atom is -0.0836 e. The Morgan fingerprint density at radius 1 is 1.21 bits per heavy atom. The topological polar surface area (TPSA) is 0 Å². The van der Waals surface area contributed by atoms with Gasteiger partial charge in [0.2, 0.25) is 0 Å². The van der Waals surface area contributed by atoms with E-state index in [0.29, 0.717) is 5.92 Å². The molecule has 0 radical (unpaired) electrons. The summed E-state index contributed by atoms with van der Waals surface area (Å²) in [6.45, 7) is 2.33. The van der Waals surface area contributed by atoms with Crippen molar-refractivity contribution in [1.29, 1.82) is 0 Å². The molecule has 14 heavy (non-hydrogen) atoms. The standard InChI is InChI=1S/C14H14/c1-10-11-6-2-4-8-13(11)14-9-5-3-7-12(10)14/h2,4-6,8-10H,3,7H2,1H3. The minimum atomic E-state index is 0.645. The molecule has 0 aliphatic heterocycles. The van der Waals surface area contributed by atoms with Crippen LogP contribution in [0.25, 0.3) is 5.57 Å². The summed E-state index contributed by atoms with van der Waals surface area (Å²) < 4.78 is 0. The molecule has 0 bridgehead atoms. The third kappa shape index (κ3) is 0.942. The van der Waals surface area contributed by atoms with Gasteiger partial charge < -0.3 is 0 Å². The lowest BCUT2D eigenvalue weighted by atomic mass is 9.92. The van der Waals surface area contributed by atoms with Gasteiger partial charge in [0.05, 0.1) is 0 Å². The summed E-state index contributed by atoms with van der Waals surface area (Å²) in [6, 6.07) is 8.82. The Morgan fingerprint density at radius 2 is 2.07 bits per heavy atom. The molecule has 0 N–H and O–H groups in total. The summed E-state index contributed by atoms with van der Waals surface area (Å²) in [5, 5.41) is 0. The van der Waals surface area contributed by atoms with Crippen molar-refractivity contribution in [3.63, 3.8) is 0 Å². The van der Waals surface area contributed by atoms with Crippen molar-refractivity contribution < 1.29 is 0 Å². The second-order valence-electron chi connectivity index (χ2n) is 4.19. The fourth-order valence-electron chi connectivity index (χ4n) is 2.70. The lowest BCUT2D eigenvalue weighted by Crippen LogP contribution is -1.94. The largest absolute Gasteiger partial charge is 0.0836 e. The SMILES string of the molecule is CC1C2=C(C=CCC2)c2ccccc21. The van der Waals surface area contributed by atoms with Crippen molar-refractivity contribution in [3.05, 3.63) is 53.1 Å². The molecule has 2 aliphatic carbocycles. The van der Waals surface area contributed by atoms with E-state index < -0.39 is 0 Å². The highest BCUT2D eigenvalue weighted by Gasteiger charge is 2.26. The van der Waals surface area contributed by atoms with Crippen molar-refractivity contribution in [2.75, 3.05) is 0 Å². The molecular formula is C14H14. The van der Waals surface area contributed by atoms with Gasteiger partial charge in [0.1, 0.15) is 0 Å². The summed E-state index contributed by atoms with van der Waals surface area (Å²) >= 11 is 0. The molecule has 70 valence electrons. The number of hydrogen-bond donors (Lipinski definition) is 0. The van der Waals surface area contributed by atoms with Crippen LogP contribution in [0.3, 0.4) is 0 Å². The van der Waals surface area contributed by atoms with Crippen molar-refractivity contribution in [2.45, 2.75) is 25.7 Å². The highest BCUT2D eigenvalue weighted by Crippen LogP contribution is 2.45. The van der Waals surface area contributed by atoms with Gasteiger partial charge in [-0.3, -0.25) is 0 Å². The summed E-state index contributed by atoms with van der Waals surface area (Å²) in [5.41, 5.74) is 6.13. The molecule has 1 aromatic carbocycles. The molecule has 1 unspecified atom stereocenters. The van der Waals surface area contributed by atoms with Gasteiger partial charge >= 0.3 is 0 Å². The first kappa shape index (κ1) is 8.05. The van der Waals surface area contributed by atoms with E-state index in [1.165, 1.54) is 29.5 Å². The molecule has 0 fully saturated rings. The molecule has 0 saturated carbocycles. The second-order valence-corrected chi connectivity index (χ2v) is 4.19. The lowest BCUT2D eigenvalue weighted by molar-refractivity contribution is 0.824. The quantitative estimate of drug-likeness (QED) is 0.570. The first-order chi connectivity index (χ1) is 6.88. The summed E-state index contributed by atoms with van der Waals surface area (Å²) in [5.74, 6) is 0.645. The molecule has 0 heterocycles. The maximum atomic E-state index is 2.33. The summed E-state index contributed by atoms with van der Waals surface area (Å²) in [4.78, 5) is 0. The van der Waals surface area contributed by atoms with E-state index in [2.05, 4.69) is 43.3 Å². The Morgan fingerprint density at radius 3 is 3.00 bits per heavy atom. The molecule has 0 saturated heterocycles. The molecule has 0 amide bonds. The molecular weight excluding hydrogens is 168 g/mol. The lowest BCUT2D eigenvalue weighted by Gasteiger charge is -2.12. The van der Waals surface area contributed by atoms with Gasteiger partial charge in [-0.25, -0.2) is 0 Å². The Balaban J connectivity index is 2.23. The van der Waals surface area contributed by atoms with Gasteiger partial charge in [0.25, 0.3) is 0 Å². The van der Waals surface area contributed by atoms with Crippen LogP contribution in [-0.4, -0.2) is 0 Å². The first-order valence-corrected chi connectivity index (χ1v) is 5.37. The first-order valence-electron chi connectivity index (χ1n) is 5.37. The average molecular weight is 182 g/mol. The van der Waals surface area contributed by atoms with Crippen molar-refractivity contribution in [2.24, 2.45) is 0 Å². The van der Waals surface area contributed by atoms with Gasteiger partial charge in [0.15, 0.2) is 0 Å². The van der Waals surface area contributed by atoms with Crippen LogP contribution in [0, 0.1) is 0 Å². The monoisotopic (exact) mass is 182 g/mol. The van der Waals surface area contributed by atoms with E-state index in [4.69, 9.17) is 0 Å². The zero-order valence-corrected chi connectivity index (χ0v) is 8.46. The predicted molar refractivity (Wildman–Crippen MR) is 60.2 cm³/mol. The van der Waals surface area contributed by atoms with E-state index in [1.807, 2.05) is 0 Å². The molecule has 0 nitrogen and oxygen atoms in total. The number of allylic oxidation sites excluding steroid dienone is 4. The highest BCUT2D eigenvalue weighted by atomic mass is 14.3. The van der Waals surface area contributed by atoms with Crippen molar-refractivity contribution in [3.8, 4) is 0 Å². The summed E-state index contributed by atoms with van der Waals surface area (Å²) in [7, 11) is 0. The Bertz CT molecular complexity index is 435. The number of rotatable bonds is 0. The van der Waals surface area contributed by atoms with E-state index in [0.717, 1.165) is 0 Å². The predicted octanol–water partition coefficient (Wildman–Crippen LogP) is 3.91. The van der Waals surface area contributed by atoms with Gasteiger partial charge in [-0.15, -0.1) is 0 Å². The third-order valence-electron chi connectivity index (χ3n) is 3.45.